The second-order valence-electron chi connectivity index (χ2n) is 3.69. The van der Waals surface area contributed by atoms with Crippen LogP contribution >= 0.6 is 22.6 Å². The van der Waals surface area contributed by atoms with E-state index in [9.17, 15) is 4.39 Å². The number of benzene rings is 1. The molecule has 0 unspecified atom stereocenters. The molecule has 3 aromatic rings. The van der Waals surface area contributed by atoms with Crippen LogP contribution in [-0.4, -0.2) is 9.38 Å². The lowest BCUT2D eigenvalue weighted by Crippen LogP contribution is -1.84. The molecule has 0 saturated carbocycles. The first-order chi connectivity index (χ1) is 8.25. The van der Waals surface area contributed by atoms with Gasteiger partial charge in [-0.25, -0.2) is 9.37 Å². The van der Waals surface area contributed by atoms with E-state index in [1.54, 1.807) is 12.1 Å². The monoisotopic (exact) mass is 338 g/mol. The van der Waals surface area contributed by atoms with Crippen molar-refractivity contribution in [2.45, 2.75) is 0 Å². The lowest BCUT2D eigenvalue weighted by Gasteiger charge is -1.96. The summed E-state index contributed by atoms with van der Waals surface area (Å²) in [6, 6.07) is 10.6. The van der Waals surface area contributed by atoms with Gasteiger partial charge in [0, 0.05) is 18.0 Å². The van der Waals surface area contributed by atoms with Gasteiger partial charge in [-0.1, -0.05) is 12.1 Å². The molecule has 0 aliphatic heterocycles. The number of aromatic nitrogens is 2. The van der Waals surface area contributed by atoms with Crippen LogP contribution in [0.15, 0.2) is 48.8 Å². The van der Waals surface area contributed by atoms with Crippen LogP contribution in [0.2, 0.25) is 0 Å². The fourth-order valence-electron chi connectivity index (χ4n) is 1.78. The highest BCUT2D eigenvalue weighted by Gasteiger charge is 2.09. The number of imidazole rings is 1. The summed E-state index contributed by atoms with van der Waals surface area (Å²) in [6.07, 6.45) is 3.75. The summed E-state index contributed by atoms with van der Waals surface area (Å²) < 4.78 is 16.6. The molecule has 0 aliphatic carbocycles. The lowest BCUT2D eigenvalue weighted by molar-refractivity contribution is 0.631. The minimum absolute atomic E-state index is 0.245. The molecule has 0 spiro atoms. The fourth-order valence-corrected chi connectivity index (χ4v) is 2.38. The summed E-state index contributed by atoms with van der Waals surface area (Å²) in [6.45, 7) is 0. The first-order valence-electron chi connectivity index (χ1n) is 5.14. The van der Waals surface area contributed by atoms with Crippen LogP contribution in [0.3, 0.4) is 0 Å². The average Bonchev–Trinajstić information content (AvgIpc) is 2.75. The van der Waals surface area contributed by atoms with E-state index in [-0.39, 0.29) is 5.82 Å². The van der Waals surface area contributed by atoms with Crippen molar-refractivity contribution in [1.82, 2.24) is 9.38 Å². The summed E-state index contributed by atoms with van der Waals surface area (Å²) in [5.74, 6) is -0.245. The zero-order valence-electron chi connectivity index (χ0n) is 8.77. The predicted octanol–water partition coefficient (Wildman–Crippen LogP) is 3.75. The van der Waals surface area contributed by atoms with Gasteiger partial charge < -0.3 is 4.40 Å². The Balaban J connectivity index is 2.26. The highest BCUT2D eigenvalue weighted by atomic mass is 127. The molecule has 0 N–H and O–H groups in total. The van der Waals surface area contributed by atoms with E-state index < -0.39 is 0 Å². The van der Waals surface area contributed by atoms with Gasteiger partial charge in [0.15, 0.2) is 5.65 Å². The number of hydrogen-bond donors (Lipinski definition) is 0. The zero-order valence-corrected chi connectivity index (χ0v) is 10.9. The molecule has 2 heterocycles. The second kappa shape index (κ2) is 4.10. The van der Waals surface area contributed by atoms with Gasteiger partial charge in [0.05, 0.1) is 9.26 Å². The molecule has 2 nitrogen and oxygen atoms in total. The quantitative estimate of drug-likeness (QED) is 0.618. The van der Waals surface area contributed by atoms with Crippen molar-refractivity contribution in [1.29, 1.82) is 0 Å². The zero-order chi connectivity index (χ0) is 11.8. The molecule has 84 valence electrons. The van der Waals surface area contributed by atoms with Crippen molar-refractivity contribution in [2.75, 3.05) is 0 Å². The molecule has 0 fully saturated rings. The summed E-state index contributed by atoms with van der Waals surface area (Å²) in [4.78, 5) is 4.46. The molecule has 0 bridgehead atoms. The molecule has 4 heteroatoms. The van der Waals surface area contributed by atoms with Gasteiger partial charge in [0.1, 0.15) is 5.82 Å². The predicted molar refractivity (Wildman–Crippen MR) is 73.3 cm³/mol. The minimum atomic E-state index is -0.245. The van der Waals surface area contributed by atoms with Crippen molar-refractivity contribution < 1.29 is 4.39 Å². The number of nitrogens with zero attached hydrogens (tertiary/aromatic N) is 2. The van der Waals surface area contributed by atoms with Gasteiger partial charge in [-0.05, 0) is 46.9 Å². The Bertz CT molecular complexity index is 691. The summed E-state index contributed by atoms with van der Waals surface area (Å²) >= 11 is 2.22. The normalized spacial score (nSPS) is 10.9. The van der Waals surface area contributed by atoms with Crippen molar-refractivity contribution >= 4 is 28.2 Å². The smallest absolute Gasteiger partial charge is 0.150 e. The van der Waals surface area contributed by atoms with E-state index in [1.165, 1.54) is 6.07 Å². The summed E-state index contributed by atoms with van der Waals surface area (Å²) in [5, 5.41) is 0. The number of hydrogen-bond acceptors (Lipinski definition) is 1. The van der Waals surface area contributed by atoms with Gasteiger partial charge in [-0.3, -0.25) is 0 Å². The van der Waals surface area contributed by atoms with Crippen LogP contribution in [0, 0.1) is 9.39 Å². The molecule has 0 saturated heterocycles. The van der Waals surface area contributed by atoms with Gasteiger partial charge in [0.2, 0.25) is 0 Å². The van der Waals surface area contributed by atoms with Crippen LogP contribution in [0.1, 0.15) is 0 Å². The van der Waals surface area contributed by atoms with E-state index in [2.05, 4.69) is 27.6 Å². The summed E-state index contributed by atoms with van der Waals surface area (Å²) in [7, 11) is 0. The van der Waals surface area contributed by atoms with E-state index in [0.29, 0.717) is 11.3 Å². The van der Waals surface area contributed by atoms with Crippen molar-refractivity contribution in [3.8, 4) is 11.3 Å². The van der Waals surface area contributed by atoms with Gasteiger partial charge in [-0.2, -0.15) is 0 Å². The topological polar surface area (TPSA) is 17.3 Å². The second-order valence-corrected chi connectivity index (χ2v) is 4.86. The highest BCUT2D eigenvalue weighted by Crippen LogP contribution is 2.23. The molecule has 3 rings (SSSR count). The van der Waals surface area contributed by atoms with Gasteiger partial charge in [0.25, 0.3) is 0 Å². The molecule has 0 radical (unpaired) electrons. The Morgan fingerprint density at radius 1 is 1.12 bits per heavy atom. The van der Waals surface area contributed by atoms with Crippen LogP contribution in [0.4, 0.5) is 4.39 Å². The van der Waals surface area contributed by atoms with E-state index in [4.69, 9.17) is 0 Å². The number of fused-ring (bicyclic) bond motifs is 1. The third kappa shape index (κ3) is 1.82. The van der Waals surface area contributed by atoms with E-state index >= 15 is 0 Å². The van der Waals surface area contributed by atoms with Crippen LogP contribution in [0.25, 0.3) is 16.9 Å². The summed E-state index contributed by atoms with van der Waals surface area (Å²) in [5.41, 5.74) is 2.05. The lowest BCUT2D eigenvalue weighted by atomic mass is 10.1. The molecule has 0 aliphatic rings. The highest BCUT2D eigenvalue weighted by molar-refractivity contribution is 14.1. The maximum atomic E-state index is 13.7. The largest absolute Gasteiger partial charge is 0.306 e. The Morgan fingerprint density at radius 2 is 1.94 bits per heavy atom. The molecular formula is C13H8FIN2. The van der Waals surface area contributed by atoms with Crippen molar-refractivity contribution in [3.05, 3.63) is 58.2 Å². The maximum Gasteiger partial charge on any atom is 0.150 e. The van der Waals surface area contributed by atoms with Gasteiger partial charge in [-0.15, -0.1) is 0 Å². The van der Waals surface area contributed by atoms with Gasteiger partial charge >= 0.3 is 0 Å². The number of pyridine rings is 1. The SMILES string of the molecule is Fc1ccccc1-c1cn2cccc(I)c2n1. The van der Waals surface area contributed by atoms with Crippen LogP contribution < -0.4 is 0 Å². The van der Waals surface area contributed by atoms with Crippen LogP contribution in [0.5, 0.6) is 0 Å². The Morgan fingerprint density at radius 3 is 2.71 bits per heavy atom. The molecule has 2 aromatic heterocycles. The molecular weight excluding hydrogens is 330 g/mol. The number of rotatable bonds is 1. The first kappa shape index (κ1) is 10.7. The van der Waals surface area contributed by atoms with Crippen LogP contribution in [-0.2, 0) is 0 Å². The molecule has 0 atom stereocenters. The Kier molecular flexibility index (Phi) is 2.58. The maximum absolute atomic E-state index is 13.7. The van der Waals surface area contributed by atoms with E-state index in [0.717, 1.165) is 9.22 Å². The molecule has 17 heavy (non-hydrogen) atoms. The standard InChI is InChI=1S/C13H8FIN2/c14-10-5-2-1-4-9(10)12-8-17-7-3-6-11(15)13(17)16-12/h1-8H. The molecule has 0 amide bonds. The number of halogens is 2. The van der Waals surface area contributed by atoms with E-state index in [1.807, 2.05) is 35.0 Å². The third-order valence-electron chi connectivity index (χ3n) is 2.58. The third-order valence-corrected chi connectivity index (χ3v) is 3.43. The van der Waals surface area contributed by atoms with Crippen molar-refractivity contribution in [3.63, 3.8) is 0 Å². The minimum Gasteiger partial charge on any atom is -0.306 e. The van der Waals surface area contributed by atoms with Crippen molar-refractivity contribution in [2.24, 2.45) is 0 Å². The Labute approximate surface area is 111 Å². The first-order valence-corrected chi connectivity index (χ1v) is 6.22. The fraction of sp³-hybridized carbons (Fsp3) is 0. The molecule has 1 aromatic carbocycles. The average molecular weight is 338 g/mol. The Hall–Kier alpha value is -1.43.